The topological polar surface area (TPSA) is 58.2 Å². The SMILES string of the molecule is CSCC[C@H]1NC(=O)[C@H](CC(C)C)NC1=O. The zero-order valence-corrected chi connectivity index (χ0v) is 10.9. The zero-order chi connectivity index (χ0) is 12.1. The molecule has 0 saturated carbocycles. The molecule has 92 valence electrons. The molecule has 1 rings (SSSR count). The van der Waals surface area contributed by atoms with E-state index in [4.69, 9.17) is 0 Å². The quantitative estimate of drug-likeness (QED) is 0.751. The molecular formula is C11H20N2O2S. The van der Waals surface area contributed by atoms with Crippen molar-refractivity contribution in [2.75, 3.05) is 12.0 Å². The van der Waals surface area contributed by atoms with Gasteiger partial charge < -0.3 is 10.6 Å². The van der Waals surface area contributed by atoms with Crippen LogP contribution >= 0.6 is 11.8 Å². The third kappa shape index (κ3) is 3.70. The van der Waals surface area contributed by atoms with Crippen LogP contribution < -0.4 is 10.6 Å². The Morgan fingerprint density at radius 3 is 2.31 bits per heavy atom. The number of piperazine rings is 1. The molecule has 4 nitrogen and oxygen atoms in total. The van der Waals surface area contributed by atoms with Crippen LogP contribution in [0.2, 0.25) is 0 Å². The number of hydrogen-bond donors (Lipinski definition) is 2. The summed E-state index contributed by atoms with van der Waals surface area (Å²) in [7, 11) is 0. The van der Waals surface area contributed by atoms with Crippen LogP contribution in [0.25, 0.3) is 0 Å². The highest BCUT2D eigenvalue weighted by molar-refractivity contribution is 7.98. The molecule has 1 saturated heterocycles. The molecule has 16 heavy (non-hydrogen) atoms. The van der Waals surface area contributed by atoms with E-state index >= 15 is 0 Å². The highest BCUT2D eigenvalue weighted by Gasteiger charge is 2.33. The highest BCUT2D eigenvalue weighted by atomic mass is 32.2. The first-order valence-corrected chi connectivity index (χ1v) is 7.03. The van der Waals surface area contributed by atoms with Crippen molar-refractivity contribution in [2.45, 2.75) is 38.8 Å². The summed E-state index contributed by atoms with van der Waals surface area (Å²) in [5, 5.41) is 5.59. The van der Waals surface area contributed by atoms with Crippen molar-refractivity contribution < 1.29 is 9.59 Å². The molecule has 0 aromatic heterocycles. The number of thioether (sulfide) groups is 1. The van der Waals surface area contributed by atoms with E-state index in [1.807, 2.05) is 20.1 Å². The van der Waals surface area contributed by atoms with Gasteiger partial charge in [0.1, 0.15) is 12.1 Å². The molecule has 1 fully saturated rings. The summed E-state index contributed by atoms with van der Waals surface area (Å²) < 4.78 is 0. The Morgan fingerprint density at radius 1 is 1.19 bits per heavy atom. The molecule has 0 aromatic rings. The number of carbonyl (C=O) groups is 2. The third-order valence-corrected chi connectivity index (χ3v) is 3.23. The maximum atomic E-state index is 11.7. The Bertz CT molecular complexity index is 269. The normalized spacial score (nSPS) is 25.5. The minimum atomic E-state index is -0.349. The predicted octanol–water partition coefficient (Wildman–Crippen LogP) is 0.769. The molecule has 0 unspecified atom stereocenters. The van der Waals surface area contributed by atoms with E-state index in [2.05, 4.69) is 10.6 Å². The summed E-state index contributed by atoms with van der Waals surface area (Å²) in [5.41, 5.74) is 0. The largest absolute Gasteiger partial charge is 0.343 e. The van der Waals surface area contributed by atoms with Crippen LogP contribution in [0.1, 0.15) is 26.7 Å². The summed E-state index contributed by atoms with van der Waals surface area (Å²) in [6, 6.07) is -0.693. The van der Waals surface area contributed by atoms with Crippen LogP contribution in [-0.4, -0.2) is 35.9 Å². The lowest BCUT2D eigenvalue weighted by Gasteiger charge is -2.30. The van der Waals surface area contributed by atoms with Gasteiger partial charge in [0.2, 0.25) is 11.8 Å². The van der Waals surface area contributed by atoms with Crippen molar-refractivity contribution in [2.24, 2.45) is 5.92 Å². The molecular weight excluding hydrogens is 224 g/mol. The van der Waals surface area contributed by atoms with Gasteiger partial charge in [-0.1, -0.05) is 13.8 Å². The van der Waals surface area contributed by atoms with E-state index in [1.165, 1.54) is 0 Å². The molecule has 2 amide bonds. The predicted molar refractivity (Wildman–Crippen MR) is 66.3 cm³/mol. The summed E-state index contributed by atoms with van der Waals surface area (Å²) in [6.07, 6.45) is 3.39. The van der Waals surface area contributed by atoms with E-state index in [1.54, 1.807) is 11.8 Å². The van der Waals surface area contributed by atoms with Gasteiger partial charge >= 0.3 is 0 Å². The van der Waals surface area contributed by atoms with Gasteiger partial charge in [-0.15, -0.1) is 0 Å². The maximum Gasteiger partial charge on any atom is 0.243 e. The van der Waals surface area contributed by atoms with Gasteiger partial charge in [-0.3, -0.25) is 9.59 Å². The monoisotopic (exact) mass is 244 g/mol. The molecule has 0 radical (unpaired) electrons. The Labute approximate surface area is 101 Å². The van der Waals surface area contributed by atoms with Crippen LogP contribution in [0.3, 0.4) is 0 Å². The average molecular weight is 244 g/mol. The first kappa shape index (κ1) is 13.4. The lowest BCUT2D eigenvalue weighted by molar-refractivity contribution is -0.137. The molecule has 0 bridgehead atoms. The summed E-state index contributed by atoms with van der Waals surface area (Å²) in [4.78, 5) is 23.4. The molecule has 0 aliphatic carbocycles. The summed E-state index contributed by atoms with van der Waals surface area (Å²) in [5.74, 6) is 1.20. The van der Waals surface area contributed by atoms with Crippen molar-refractivity contribution in [3.05, 3.63) is 0 Å². The van der Waals surface area contributed by atoms with Crippen LogP contribution in [0.5, 0.6) is 0 Å². The van der Waals surface area contributed by atoms with E-state index in [9.17, 15) is 9.59 Å². The molecule has 0 aromatic carbocycles. The average Bonchev–Trinajstić information content (AvgIpc) is 2.20. The lowest BCUT2D eigenvalue weighted by atomic mass is 9.99. The molecule has 2 N–H and O–H groups in total. The van der Waals surface area contributed by atoms with E-state index < -0.39 is 0 Å². The van der Waals surface area contributed by atoms with Crippen molar-refractivity contribution in [1.82, 2.24) is 10.6 Å². The number of rotatable bonds is 5. The van der Waals surface area contributed by atoms with E-state index in [0.717, 1.165) is 5.75 Å². The van der Waals surface area contributed by atoms with Gasteiger partial charge in [0.25, 0.3) is 0 Å². The van der Waals surface area contributed by atoms with Gasteiger partial charge in [-0.25, -0.2) is 0 Å². The second kappa shape index (κ2) is 6.13. The smallest absolute Gasteiger partial charge is 0.243 e. The fourth-order valence-corrected chi connectivity index (χ4v) is 2.22. The zero-order valence-electron chi connectivity index (χ0n) is 10.1. The van der Waals surface area contributed by atoms with E-state index in [0.29, 0.717) is 18.8 Å². The van der Waals surface area contributed by atoms with Crippen molar-refractivity contribution in [3.8, 4) is 0 Å². The second-order valence-corrected chi connectivity index (χ2v) is 5.52. The second-order valence-electron chi connectivity index (χ2n) is 4.53. The molecule has 1 heterocycles. The van der Waals surface area contributed by atoms with Crippen LogP contribution in [0.15, 0.2) is 0 Å². The Kier molecular flexibility index (Phi) is 5.12. The fourth-order valence-electron chi connectivity index (χ4n) is 1.75. The molecule has 5 heteroatoms. The van der Waals surface area contributed by atoms with E-state index in [-0.39, 0.29) is 23.9 Å². The fraction of sp³-hybridized carbons (Fsp3) is 0.818. The standard InChI is InChI=1S/C11H20N2O2S/c1-7(2)6-9-11(15)12-8(4-5-16-3)10(14)13-9/h7-9H,4-6H2,1-3H3,(H,12,15)(H,13,14)/t8-,9+/m1/s1. The summed E-state index contributed by atoms with van der Waals surface area (Å²) >= 11 is 1.68. The summed E-state index contributed by atoms with van der Waals surface area (Å²) in [6.45, 7) is 4.08. The maximum absolute atomic E-state index is 11.7. The number of hydrogen-bond acceptors (Lipinski definition) is 3. The number of amides is 2. The first-order valence-electron chi connectivity index (χ1n) is 5.64. The van der Waals surface area contributed by atoms with Crippen LogP contribution in [-0.2, 0) is 9.59 Å². The minimum Gasteiger partial charge on any atom is -0.343 e. The van der Waals surface area contributed by atoms with Gasteiger partial charge in [0.05, 0.1) is 0 Å². The molecule has 1 aliphatic heterocycles. The van der Waals surface area contributed by atoms with Crippen LogP contribution in [0.4, 0.5) is 0 Å². The van der Waals surface area contributed by atoms with Crippen molar-refractivity contribution >= 4 is 23.6 Å². The van der Waals surface area contributed by atoms with Crippen molar-refractivity contribution in [1.29, 1.82) is 0 Å². The van der Waals surface area contributed by atoms with Crippen LogP contribution in [0, 0.1) is 5.92 Å². The highest BCUT2D eigenvalue weighted by Crippen LogP contribution is 2.11. The van der Waals surface area contributed by atoms with Gasteiger partial charge in [0, 0.05) is 0 Å². The van der Waals surface area contributed by atoms with Gasteiger partial charge in [-0.2, -0.15) is 11.8 Å². The third-order valence-electron chi connectivity index (χ3n) is 2.58. The van der Waals surface area contributed by atoms with Gasteiger partial charge in [0.15, 0.2) is 0 Å². The molecule has 2 atom stereocenters. The molecule has 0 spiro atoms. The Morgan fingerprint density at radius 2 is 1.75 bits per heavy atom. The number of carbonyl (C=O) groups excluding carboxylic acids is 2. The Balaban J connectivity index is 2.50. The lowest BCUT2D eigenvalue weighted by Crippen LogP contribution is -2.61. The number of nitrogens with one attached hydrogen (secondary N) is 2. The first-order chi connectivity index (χ1) is 7.54. The Hall–Kier alpha value is -0.710. The van der Waals surface area contributed by atoms with Gasteiger partial charge in [-0.05, 0) is 30.8 Å². The minimum absolute atomic E-state index is 0.0422. The molecule has 1 aliphatic rings. The van der Waals surface area contributed by atoms with Crippen molar-refractivity contribution in [3.63, 3.8) is 0 Å².